The van der Waals surface area contributed by atoms with Gasteiger partial charge in [-0.3, -0.25) is 14.6 Å². The maximum atomic E-state index is 13.4. The fraction of sp³-hybridized carbons (Fsp3) is 0.100. The Morgan fingerprint density at radius 1 is 1.36 bits per heavy atom. The molecule has 0 saturated carbocycles. The highest BCUT2D eigenvalue weighted by Gasteiger charge is 2.03. The molecule has 72 valence electrons. The first-order valence-corrected chi connectivity index (χ1v) is 4.21. The second kappa shape index (κ2) is 3.14. The van der Waals surface area contributed by atoms with Crippen LogP contribution in [0.4, 0.5) is 4.39 Å². The summed E-state index contributed by atoms with van der Waals surface area (Å²) >= 11 is 0. The Hall–Kier alpha value is -1.84. The Morgan fingerprint density at radius 3 is 2.71 bits per heavy atom. The van der Waals surface area contributed by atoms with Crippen LogP contribution in [-0.4, -0.2) is 9.78 Å². The van der Waals surface area contributed by atoms with Crippen molar-refractivity contribution < 1.29 is 4.39 Å². The minimum atomic E-state index is -0.350. The van der Waals surface area contributed by atoms with Gasteiger partial charge in [0, 0.05) is 12.3 Å². The lowest BCUT2D eigenvalue weighted by molar-refractivity contribution is 0.609. The van der Waals surface area contributed by atoms with E-state index in [4.69, 9.17) is 0 Å². The van der Waals surface area contributed by atoms with E-state index in [0.29, 0.717) is 5.69 Å². The van der Waals surface area contributed by atoms with Gasteiger partial charge in [0.25, 0.3) is 5.56 Å². The molecule has 0 spiro atoms. The quantitative estimate of drug-likeness (QED) is 0.732. The first-order valence-electron chi connectivity index (χ1n) is 4.21. The van der Waals surface area contributed by atoms with Crippen LogP contribution in [0.25, 0.3) is 5.69 Å². The van der Waals surface area contributed by atoms with E-state index in [2.05, 4.69) is 5.10 Å². The number of benzene rings is 1. The van der Waals surface area contributed by atoms with Crippen LogP contribution >= 0.6 is 0 Å². The zero-order chi connectivity index (χ0) is 10.1. The molecule has 0 aliphatic carbocycles. The van der Waals surface area contributed by atoms with Crippen LogP contribution in [0.2, 0.25) is 0 Å². The summed E-state index contributed by atoms with van der Waals surface area (Å²) in [6.45, 7) is 1.81. The van der Waals surface area contributed by atoms with E-state index < -0.39 is 0 Å². The van der Waals surface area contributed by atoms with Crippen LogP contribution in [0, 0.1) is 12.7 Å². The SMILES string of the molecule is Cc1ccc(-n2ccc(=O)[nH]2)c(F)c1. The normalized spacial score (nSPS) is 10.4. The van der Waals surface area contributed by atoms with E-state index in [1.165, 1.54) is 23.0 Å². The highest BCUT2D eigenvalue weighted by molar-refractivity contribution is 5.35. The van der Waals surface area contributed by atoms with Gasteiger partial charge in [0.15, 0.2) is 0 Å². The zero-order valence-electron chi connectivity index (χ0n) is 7.62. The van der Waals surface area contributed by atoms with Crippen LogP contribution in [-0.2, 0) is 0 Å². The van der Waals surface area contributed by atoms with Crippen molar-refractivity contribution in [1.82, 2.24) is 9.78 Å². The molecule has 0 bridgehead atoms. The predicted octanol–water partition coefficient (Wildman–Crippen LogP) is 1.61. The Bertz CT molecular complexity index is 513. The van der Waals surface area contributed by atoms with Gasteiger partial charge in [-0.1, -0.05) is 6.07 Å². The molecule has 0 fully saturated rings. The molecule has 2 rings (SSSR count). The number of H-pyrrole nitrogens is 1. The summed E-state index contributed by atoms with van der Waals surface area (Å²) < 4.78 is 14.8. The topological polar surface area (TPSA) is 37.8 Å². The van der Waals surface area contributed by atoms with Crippen molar-refractivity contribution in [3.05, 3.63) is 52.2 Å². The van der Waals surface area contributed by atoms with E-state index >= 15 is 0 Å². The number of halogens is 1. The molecule has 3 nitrogen and oxygen atoms in total. The molecule has 0 unspecified atom stereocenters. The lowest BCUT2D eigenvalue weighted by Crippen LogP contribution is -2.04. The summed E-state index contributed by atoms with van der Waals surface area (Å²) in [4.78, 5) is 10.8. The average molecular weight is 192 g/mol. The average Bonchev–Trinajstić information content (AvgIpc) is 2.51. The smallest absolute Gasteiger partial charge is 0.264 e. The fourth-order valence-corrected chi connectivity index (χ4v) is 1.28. The number of nitrogens with zero attached hydrogens (tertiary/aromatic N) is 1. The first-order chi connectivity index (χ1) is 6.66. The van der Waals surface area contributed by atoms with E-state index in [9.17, 15) is 9.18 Å². The van der Waals surface area contributed by atoms with Crippen molar-refractivity contribution in [3.8, 4) is 5.69 Å². The number of aromatic nitrogens is 2. The van der Waals surface area contributed by atoms with Crippen molar-refractivity contribution in [3.63, 3.8) is 0 Å². The molecule has 1 N–H and O–H groups in total. The van der Waals surface area contributed by atoms with Gasteiger partial charge in [-0.25, -0.2) is 4.39 Å². The maximum absolute atomic E-state index is 13.4. The number of aromatic amines is 1. The highest BCUT2D eigenvalue weighted by Crippen LogP contribution is 2.12. The molecule has 14 heavy (non-hydrogen) atoms. The van der Waals surface area contributed by atoms with Gasteiger partial charge in [-0.05, 0) is 24.6 Å². The van der Waals surface area contributed by atoms with Crippen LogP contribution in [0.3, 0.4) is 0 Å². The third-order valence-electron chi connectivity index (χ3n) is 1.97. The molecule has 2 aromatic rings. The van der Waals surface area contributed by atoms with Gasteiger partial charge in [0.1, 0.15) is 5.82 Å². The molecular weight excluding hydrogens is 183 g/mol. The second-order valence-corrected chi connectivity index (χ2v) is 3.12. The van der Waals surface area contributed by atoms with Crippen molar-refractivity contribution in [1.29, 1.82) is 0 Å². The number of aryl methyl sites for hydroxylation is 1. The molecule has 0 aliphatic heterocycles. The number of nitrogens with one attached hydrogen (secondary N) is 1. The molecule has 0 radical (unpaired) electrons. The monoisotopic (exact) mass is 192 g/mol. The summed E-state index contributed by atoms with van der Waals surface area (Å²) in [5.74, 6) is -0.350. The van der Waals surface area contributed by atoms with Crippen molar-refractivity contribution in [2.45, 2.75) is 6.92 Å². The van der Waals surface area contributed by atoms with Gasteiger partial charge < -0.3 is 0 Å². The van der Waals surface area contributed by atoms with Gasteiger partial charge in [-0.2, -0.15) is 0 Å². The van der Waals surface area contributed by atoms with E-state index in [1.54, 1.807) is 12.1 Å². The molecule has 0 aliphatic rings. The van der Waals surface area contributed by atoms with E-state index in [1.807, 2.05) is 6.92 Å². The van der Waals surface area contributed by atoms with Gasteiger partial charge >= 0.3 is 0 Å². The maximum Gasteiger partial charge on any atom is 0.264 e. The zero-order valence-corrected chi connectivity index (χ0v) is 7.62. The summed E-state index contributed by atoms with van der Waals surface area (Å²) in [5, 5.41) is 2.47. The standard InChI is InChI=1S/C10H9FN2O/c1-7-2-3-9(8(11)6-7)13-5-4-10(14)12-13/h2-6H,1H3,(H,12,14). The van der Waals surface area contributed by atoms with Crippen LogP contribution in [0.15, 0.2) is 35.3 Å². The highest BCUT2D eigenvalue weighted by atomic mass is 19.1. The molecule has 1 heterocycles. The second-order valence-electron chi connectivity index (χ2n) is 3.12. The minimum Gasteiger partial charge on any atom is -0.268 e. The summed E-state index contributed by atoms with van der Waals surface area (Å²) in [7, 11) is 0. The summed E-state index contributed by atoms with van der Waals surface area (Å²) in [5.41, 5.74) is 0.948. The number of hydrogen-bond acceptors (Lipinski definition) is 1. The molecule has 1 aromatic heterocycles. The predicted molar refractivity (Wildman–Crippen MR) is 51.1 cm³/mol. The molecular formula is C10H9FN2O. The molecule has 4 heteroatoms. The van der Waals surface area contributed by atoms with Crippen LogP contribution in [0.1, 0.15) is 5.56 Å². The molecule has 0 amide bonds. The number of rotatable bonds is 1. The molecule has 1 aromatic carbocycles. The third kappa shape index (κ3) is 1.46. The lowest BCUT2D eigenvalue weighted by atomic mass is 10.2. The van der Waals surface area contributed by atoms with Crippen molar-refractivity contribution in [2.75, 3.05) is 0 Å². The largest absolute Gasteiger partial charge is 0.268 e. The van der Waals surface area contributed by atoms with Crippen molar-refractivity contribution in [2.24, 2.45) is 0 Å². The Kier molecular flexibility index (Phi) is 1.96. The van der Waals surface area contributed by atoms with E-state index in [-0.39, 0.29) is 11.4 Å². The van der Waals surface area contributed by atoms with Gasteiger partial charge in [-0.15, -0.1) is 0 Å². The first kappa shape index (κ1) is 8.74. The number of hydrogen-bond donors (Lipinski definition) is 1. The van der Waals surface area contributed by atoms with Crippen LogP contribution in [0.5, 0.6) is 0 Å². The molecule has 0 atom stereocenters. The minimum absolute atomic E-state index is 0.245. The van der Waals surface area contributed by atoms with Gasteiger partial charge in [0.2, 0.25) is 0 Å². The van der Waals surface area contributed by atoms with Crippen LogP contribution < -0.4 is 5.56 Å². The third-order valence-corrected chi connectivity index (χ3v) is 1.97. The lowest BCUT2D eigenvalue weighted by Gasteiger charge is -2.04. The molecule has 0 saturated heterocycles. The Balaban J connectivity index is 2.57. The Labute approximate surface area is 79.8 Å². The Morgan fingerprint density at radius 2 is 2.14 bits per heavy atom. The van der Waals surface area contributed by atoms with E-state index in [0.717, 1.165) is 5.56 Å². The van der Waals surface area contributed by atoms with Gasteiger partial charge in [0.05, 0.1) is 5.69 Å². The fourth-order valence-electron chi connectivity index (χ4n) is 1.28. The summed E-state index contributed by atoms with van der Waals surface area (Å²) in [6.07, 6.45) is 1.50. The van der Waals surface area contributed by atoms with Crippen molar-refractivity contribution >= 4 is 0 Å². The summed E-state index contributed by atoms with van der Waals surface area (Å²) in [6, 6.07) is 6.18.